The van der Waals surface area contributed by atoms with E-state index in [0.717, 1.165) is 11.3 Å². The lowest BCUT2D eigenvalue weighted by molar-refractivity contribution is -0.153. The highest BCUT2D eigenvalue weighted by Crippen LogP contribution is 2.26. The SMILES string of the molecule is Cc1ccc(CN2CC(=O)N3CSC[C@@H]3C2=O)cc1. The molecule has 3 rings (SSSR count). The zero-order valence-corrected chi connectivity index (χ0v) is 11.7. The number of hydrogen-bond donors (Lipinski definition) is 0. The highest BCUT2D eigenvalue weighted by Gasteiger charge is 2.42. The molecule has 2 aliphatic heterocycles. The van der Waals surface area contributed by atoms with Gasteiger partial charge in [-0.25, -0.2) is 0 Å². The number of benzene rings is 1. The number of rotatable bonds is 2. The van der Waals surface area contributed by atoms with Crippen molar-refractivity contribution in [1.29, 1.82) is 0 Å². The number of carbonyl (C=O) groups is 2. The minimum Gasteiger partial charge on any atom is -0.327 e. The summed E-state index contributed by atoms with van der Waals surface area (Å²) in [7, 11) is 0. The van der Waals surface area contributed by atoms with E-state index in [-0.39, 0.29) is 24.4 Å². The lowest BCUT2D eigenvalue weighted by Gasteiger charge is -2.35. The predicted octanol–water partition coefficient (Wildman–Crippen LogP) is 1.24. The molecule has 0 saturated carbocycles. The summed E-state index contributed by atoms with van der Waals surface area (Å²) < 4.78 is 0. The molecule has 2 heterocycles. The number of thioether (sulfide) groups is 1. The summed E-state index contributed by atoms with van der Waals surface area (Å²) in [5.41, 5.74) is 2.27. The lowest BCUT2D eigenvalue weighted by Crippen LogP contribution is -2.57. The summed E-state index contributed by atoms with van der Waals surface area (Å²) in [6.07, 6.45) is 0. The van der Waals surface area contributed by atoms with Gasteiger partial charge < -0.3 is 9.80 Å². The Bertz CT molecular complexity index is 515. The molecule has 0 radical (unpaired) electrons. The van der Waals surface area contributed by atoms with Gasteiger partial charge in [0.2, 0.25) is 11.8 Å². The number of fused-ring (bicyclic) bond motifs is 1. The smallest absolute Gasteiger partial charge is 0.247 e. The number of hydrogen-bond acceptors (Lipinski definition) is 3. The van der Waals surface area contributed by atoms with Crippen molar-refractivity contribution in [2.45, 2.75) is 19.5 Å². The van der Waals surface area contributed by atoms with Crippen LogP contribution < -0.4 is 0 Å². The Morgan fingerprint density at radius 3 is 2.74 bits per heavy atom. The second kappa shape index (κ2) is 4.89. The van der Waals surface area contributed by atoms with E-state index >= 15 is 0 Å². The Balaban J connectivity index is 1.76. The van der Waals surface area contributed by atoms with E-state index in [4.69, 9.17) is 0 Å². The van der Waals surface area contributed by atoms with E-state index in [1.165, 1.54) is 5.56 Å². The van der Waals surface area contributed by atoms with Crippen LogP contribution in [0.15, 0.2) is 24.3 Å². The topological polar surface area (TPSA) is 40.6 Å². The zero-order valence-electron chi connectivity index (χ0n) is 10.8. The summed E-state index contributed by atoms with van der Waals surface area (Å²) in [6, 6.07) is 7.86. The Labute approximate surface area is 116 Å². The molecule has 2 fully saturated rings. The maximum Gasteiger partial charge on any atom is 0.247 e. The molecule has 1 aromatic rings. The van der Waals surface area contributed by atoms with Gasteiger partial charge in [0.15, 0.2) is 0 Å². The third kappa shape index (κ3) is 2.34. The molecule has 2 amide bonds. The quantitative estimate of drug-likeness (QED) is 0.816. The van der Waals surface area contributed by atoms with Crippen LogP contribution in [0.25, 0.3) is 0 Å². The first-order valence-electron chi connectivity index (χ1n) is 6.37. The van der Waals surface area contributed by atoms with Crippen molar-refractivity contribution in [3.8, 4) is 0 Å². The van der Waals surface area contributed by atoms with E-state index in [1.807, 2.05) is 31.2 Å². The second-order valence-electron chi connectivity index (χ2n) is 5.06. The zero-order chi connectivity index (χ0) is 13.4. The summed E-state index contributed by atoms with van der Waals surface area (Å²) in [6.45, 7) is 2.77. The third-order valence-corrected chi connectivity index (χ3v) is 4.63. The van der Waals surface area contributed by atoms with Gasteiger partial charge in [-0.3, -0.25) is 9.59 Å². The molecule has 2 aliphatic rings. The van der Waals surface area contributed by atoms with Gasteiger partial charge in [-0.1, -0.05) is 29.8 Å². The first-order valence-corrected chi connectivity index (χ1v) is 7.52. The first-order chi connectivity index (χ1) is 9.15. The minimum absolute atomic E-state index is 0.0710. The molecule has 0 N–H and O–H groups in total. The Morgan fingerprint density at radius 1 is 1.26 bits per heavy atom. The van der Waals surface area contributed by atoms with Crippen molar-refractivity contribution in [2.75, 3.05) is 18.2 Å². The van der Waals surface area contributed by atoms with Gasteiger partial charge in [0, 0.05) is 12.3 Å². The van der Waals surface area contributed by atoms with Gasteiger partial charge in [-0.15, -0.1) is 11.8 Å². The molecule has 0 bridgehead atoms. The van der Waals surface area contributed by atoms with E-state index in [1.54, 1.807) is 21.6 Å². The average Bonchev–Trinajstić information content (AvgIpc) is 2.88. The number of aryl methyl sites for hydroxylation is 1. The number of carbonyl (C=O) groups excluding carboxylic acids is 2. The standard InChI is InChI=1S/C14H16N2O2S/c1-10-2-4-11(5-3-10)6-15-7-13(17)16-9-19-8-12(16)14(15)18/h2-5,12H,6-9H2,1H3/t12-/m1/s1. The van der Waals surface area contributed by atoms with Crippen LogP contribution in [-0.4, -0.2) is 45.8 Å². The Morgan fingerprint density at radius 2 is 2.00 bits per heavy atom. The maximum atomic E-state index is 12.3. The van der Waals surface area contributed by atoms with E-state index in [9.17, 15) is 9.59 Å². The van der Waals surface area contributed by atoms with Gasteiger partial charge in [0.25, 0.3) is 0 Å². The van der Waals surface area contributed by atoms with Gasteiger partial charge >= 0.3 is 0 Å². The Kier molecular flexibility index (Phi) is 3.22. The average molecular weight is 276 g/mol. The van der Waals surface area contributed by atoms with Crippen LogP contribution in [0.4, 0.5) is 0 Å². The highest BCUT2D eigenvalue weighted by atomic mass is 32.2. The van der Waals surface area contributed by atoms with Crippen molar-refractivity contribution >= 4 is 23.6 Å². The fourth-order valence-corrected chi connectivity index (χ4v) is 3.66. The molecule has 0 unspecified atom stereocenters. The highest BCUT2D eigenvalue weighted by molar-refractivity contribution is 7.99. The summed E-state index contributed by atoms with van der Waals surface area (Å²) in [5.74, 6) is 1.55. The van der Waals surface area contributed by atoms with Crippen molar-refractivity contribution in [1.82, 2.24) is 9.80 Å². The lowest BCUT2D eigenvalue weighted by atomic mass is 10.1. The molecule has 1 aromatic carbocycles. The van der Waals surface area contributed by atoms with Crippen molar-refractivity contribution in [2.24, 2.45) is 0 Å². The normalized spacial score (nSPS) is 22.9. The molecule has 1 atom stereocenters. The molecule has 4 nitrogen and oxygen atoms in total. The molecular formula is C14H16N2O2S. The molecule has 0 aromatic heterocycles. The van der Waals surface area contributed by atoms with E-state index in [2.05, 4.69) is 0 Å². The van der Waals surface area contributed by atoms with Crippen LogP contribution in [-0.2, 0) is 16.1 Å². The number of piperazine rings is 1. The fraction of sp³-hybridized carbons (Fsp3) is 0.429. The van der Waals surface area contributed by atoms with Gasteiger partial charge in [0.1, 0.15) is 12.6 Å². The van der Waals surface area contributed by atoms with Crippen LogP contribution in [0.1, 0.15) is 11.1 Å². The van der Waals surface area contributed by atoms with Crippen LogP contribution in [0.5, 0.6) is 0 Å². The second-order valence-corrected chi connectivity index (χ2v) is 6.06. The molecule has 100 valence electrons. The molecular weight excluding hydrogens is 260 g/mol. The predicted molar refractivity (Wildman–Crippen MR) is 74.6 cm³/mol. The summed E-state index contributed by atoms with van der Waals surface area (Å²) >= 11 is 1.65. The van der Waals surface area contributed by atoms with Crippen LogP contribution >= 0.6 is 11.8 Å². The molecule has 5 heteroatoms. The van der Waals surface area contributed by atoms with Crippen molar-refractivity contribution in [3.05, 3.63) is 35.4 Å². The van der Waals surface area contributed by atoms with Gasteiger partial charge in [-0.2, -0.15) is 0 Å². The number of amides is 2. The maximum absolute atomic E-state index is 12.3. The van der Waals surface area contributed by atoms with Gasteiger partial charge in [-0.05, 0) is 12.5 Å². The molecule has 0 spiro atoms. The van der Waals surface area contributed by atoms with Crippen molar-refractivity contribution < 1.29 is 9.59 Å². The Hall–Kier alpha value is -1.49. The van der Waals surface area contributed by atoms with Crippen LogP contribution in [0.3, 0.4) is 0 Å². The fourth-order valence-electron chi connectivity index (χ4n) is 2.48. The summed E-state index contributed by atoms with van der Waals surface area (Å²) in [5, 5.41) is 0. The van der Waals surface area contributed by atoms with Crippen LogP contribution in [0, 0.1) is 6.92 Å². The van der Waals surface area contributed by atoms with Crippen LogP contribution in [0.2, 0.25) is 0 Å². The number of nitrogens with zero attached hydrogens (tertiary/aromatic N) is 2. The molecule has 2 saturated heterocycles. The summed E-state index contributed by atoms with van der Waals surface area (Å²) in [4.78, 5) is 27.7. The van der Waals surface area contributed by atoms with E-state index < -0.39 is 0 Å². The van der Waals surface area contributed by atoms with Crippen molar-refractivity contribution in [3.63, 3.8) is 0 Å². The first kappa shape index (κ1) is 12.5. The third-order valence-electron chi connectivity index (χ3n) is 3.62. The minimum atomic E-state index is -0.239. The largest absolute Gasteiger partial charge is 0.327 e. The van der Waals surface area contributed by atoms with E-state index in [0.29, 0.717) is 12.4 Å². The molecule has 0 aliphatic carbocycles. The monoisotopic (exact) mass is 276 g/mol. The van der Waals surface area contributed by atoms with Gasteiger partial charge in [0.05, 0.1) is 5.88 Å². The molecule has 19 heavy (non-hydrogen) atoms.